The number of aliphatic imine (C=N–C) groups is 2. The van der Waals surface area contributed by atoms with E-state index in [-0.39, 0.29) is 44.0 Å². The number of hydrogen-bond acceptors (Lipinski definition) is 18. The lowest BCUT2D eigenvalue weighted by Crippen LogP contribution is -2.53. The summed E-state index contributed by atoms with van der Waals surface area (Å²) in [5.41, 5.74) is -3.31. The van der Waals surface area contributed by atoms with Gasteiger partial charge in [-0.25, -0.2) is 48.6 Å². The number of carbonyl (C=O) groups excluding carboxylic acids is 8. The molecule has 0 radical (unpaired) electrons. The average molecular weight is 1070 g/mol. The van der Waals surface area contributed by atoms with E-state index < -0.39 is 114 Å². The number of carbonyl (C=O) groups is 8. The SMILES string of the molecule is C=CCOC(=O)NCCN(C(=O)OC(C)(C)C)C(=N[C@@H](Cc1ccc(O)cc1)C(=O)NCC(=O)NCCN(C(=O)OC(C)(C)C)C(=N[C@@H](Cc1ccc(O)cc1)C(=O)OC)NC(=O)OC(C)(C)C)NC(=O)OC(C)(C)C. The maximum Gasteiger partial charge on any atom is 0.417 e. The van der Waals surface area contributed by atoms with Crippen LogP contribution in [0.4, 0.5) is 24.0 Å². The van der Waals surface area contributed by atoms with Crippen LogP contribution in [0, 0.1) is 0 Å². The molecule has 0 spiro atoms. The molecule has 7 amide bonds. The fraction of sp³-hybridized carbons (Fsp3) is 0.529. The number of phenolic OH excluding ortho intramolecular Hbond substituents is 2. The summed E-state index contributed by atoms with van der Waals surface area (Å²) in [7, 11) is 1.12. The molecular weight excluding hydrogens is 995 g/mol. The van der Waals surface area contributed by atoms with E-state index in [0.717, 1.165) is 16.9 Å². The molecule has 0 aromatic heterocycles. The average Bonchev–Trinajstić information content (AvgIpc) is 3.28. The third-order valence-corrected chi connectivity index (χ3v) is 9.05. The van der Waals surface area contributed by atoms with E-state index in [4.69, 9.17) is 28.4 Å². The van der Waals surface area contributed by atoms with Crippen molar-refractivity contribution in [2.24, 2.45) is 9.98 Å². The van der Waals surface area contributed by atoms with Crippen molar-refractivity contribution < 1.29 is 77.0 Å². The first kappa shape index (κ1) is 64.0. The minimum Gasteiger partial charge on any atom is -0.508 e. The number of aromatic hydroxyl groups is 2. The first-order valence-corrected chi connectivity index (χ1v) is 24.0. The third-order valence-electron chi connectivity index (χ3n) is 9.05. The van der Waals surface area contributed by atoms with Gasteiger partial charge in [0.2, 0.25) is 23.7 Å². The number of benzene rings is 2. The molecule has 0 aliphatic rings. The van der Waals surface area contributed by atoms with Crippen LogP contribution in [0.25, 0.3) is 0 Å². The Morgan fingerprint density at radius 2 is 0.974 bits per heavy atom. The van der Waals surface area contributed by atoms with Gasteiger partial charge in [0.25, 0.3) is 0 Å². The van der Waals surface area contributed by atoms with E-state index in [1.165, 1.54) is 54.6 Å². The van der Waals surface area contributed by atoms with Crippen LogP contribution in [0.15, 0.2) is 71.2 Å². The summed E-state index contributed by atoms with van der Waals surface area (Å²) < 4.78 is 32.1. The Bertz CT molecular complexity index is 2380. The fourth-order valence-corrected chi connectivity index (χ4v) is 5.96. The zero-order valence-corrected chi connectivity index (χ0v) is 45.6. The maximum absolute atomic E-state index is 14.2. The van der Waals surface area contributed by atoms with E-state index in [0.29, 0.717) is 11.1 Å². The van der Waals surface area contributed by atoms with E-state index in [2.05, 4.69) is 43.1 Å². The zero-order valence-electron chi connectivity index (χ0n) is 45.6. The molecule has 0 aliphatic heterocycles. The summed E-state index contributed by atoms with van der Waals surface area (Å²) in [5, 5.41) is 32.2. The zero-order chi connectivity index (χ0) is 57.6. The van der Waals surface area contributed by atoms with E-state index in [1.54, 1.807) is 83.1 Å². The Balaban J connectivity index is 2.62. The highest BCUT2D eigenvalue weighted by atomic mass is 16.6. The highest BCUT2D eigenvalue weighted by Crippen LogP contribution is 2.18. The van der Waals surface area contributed by atoms with Crippen molar-refractivity contribution in [2.45, 2.75) is 130 Å². The number of guanidine groups is 2. The van der Waals surface area contributed by atoms with Gasteiger partial charge in [0.15, 0.2) is 6.04 Å². The van der Waals surface area contributed by atoms with Crippen molar-refractivity contribution in [2.75, 3.05) is 46.4 Å². The topological polar surface area (TPSA) is 324 Å². The molecule has 0 fully saturated rings. The van der Waals surface area contributed by atoms with Crippen molar-refractivity contribution in [3.05, 3.63) is 72.3 Å². The number of amides is 7. The second kappa shape index (κ2) is 29.1. The Labute approximate surface area is 443 Å². The molecular formula is C51H75N9O16. The lowest BCUT2D eigenvalue weighted by atomic mass is 10.1. The number of hydrogen-bond donors (Lipinski definition) is 7. The maximum atomic E-state index is 14.2. The van der Waals surface area contributed by atoms with Gasteiger partial charge in [0.05, 0.1) is 13.7 Å². The van der Waals surface area contributed by atoms with Crippen LogP contribution in [-0.4, -0.2) is 161 Å². The molecule has 2 atom stereocenters. The molecule has 25 nitrogen and oxygen atoms in total. The molecule has 25 heteroatoms. The molecule has 0 heterocycles. The fourth-order valence-electron chi connectivity index (χ4n) is 5.96. The summed E-state index contributed by atoms with van der Waals surface area (Å²) in [6, 6.07) is 8.64. The summed E-state index contributed by atoms with van der Waals surface area (Å²) in [5.74, 6) is -3.77. The standard InChI is InChI=1S/C51H75N9O16/c1-15-28-72-43(66)53-25-27-60(47(70)76-51(11,12)13)41(57-44(67)73-48(2,3)4)55-36(29-32-16-20-34(61)21-17-32)39(64)54-31-38(63)52-24-26-59(46(69)75-50(8,9)10)42(58-45(68)74-49(5,6)7)56-37(40(65)71-14)30-33-18-22-35(62)23-19-33/h15-23,36-37,61-62H,1,24-31H2,2-14H3,(H,52,63)(H,53,66)(H,54,64)(H,55,57,67)(H,56,58,68)/t36-,37-/m0/s1. The normalized spacial score (nSPS) is 12.8. The van der Waals surface area contributed by atoms with Crippen LogP contribution >= 0.6 is 0 Å². The molecule has 76 heavy (non-hydrogen) atoms. The molecule has 0 unspecified atom stereocenters. The predicted molar refractivity (Wildman–Crippen MR) is 278 cm³/mol. The molecule has 2 aromatic rings. The van der Waals surface area contributed by atoms with Gasteiger partial charge in [-0.3, -0.25) is 20.2 Å². The molecule has 2 aromatic carbocycles. The molecule has 420 valence electrons. The van der Waals surface area contributed by atoms with Crippen molar-refractivity contribution in [3.63, 3.8) is 0 Å². The van der Waals surface area contributed by atoms with Gasteiger partial charge in [-0.05, 0) is 118 Å². The summed E-state index contributed by atoms with van der Waals surface area (Å²) in [6.07, 6.45) is -4.14. The minimum atomic E-state index is -1.54. The van der Waals surface area contributed by atoms with Gasteiger partial charge in [-0.15, -0.1) is 0 Å². The molecule has 0 bridgehead atoms. The van der Waals surface area contributed by atoms with E-state index >= 15 is 0 Å². The van der Waals surface area contributed by atoms with Crippen LogP contribution in [0.5, 0.6) is 11.5 Å². The van der Waals surface area contributed by atoms with Crippen molar-refractivity contribution in [1.82, 2.24) is 36.4 Å². The lowest BCUT2D eigenvalue weighted by molar-refractivity contribution is -0.142. The number of methoxy groups -OCH3 is 1. The highest BCUT2D eigenvalue weighted by Gasteiger charge is 2.33. The van der Waals surface area contributed by atoms with Crippen LogP contribution in [0.3, 0.4) is 0 Å². The van der Waals surface area contributed by atoms with Gasteiger partial charge >= 0.3 is 36.4 Å². The van der Waals surface area contributed by atoms with Crippen LogP contribution in [0.1, 0.15) is 94.2 Å². The first-order chi connectivity index (χ1) is 35.2. The minimum absolute atomic E-state index is 0.0374. The van der Waals surface area contributed by atoms with Crippen molar-refractivity contribution in [3.8, 4) is 11.5 Å². The Hall–Kier alpha value is -8.12. The molecule has 2 rings (SSSR count). The lowest BCUT2D eigenvalue weighted by Gasteiger charge is -2.30. The second-order valence-electron chi connectivity index (χ2n) is 20.6. The molecule has 0 saturated heterocycles. The Morgan fingerprint density at radius 3 is 1.37 bits per heavy atom. The quantitative estimate of drug-likeness (QED) is 0.0333. The number of nitrogens with zero attached hydrogens (tertiary/aromatic N) is 4. The third kappa shape index (κ3) is 26.2. The van der Waals surface area contributed by atoms with Crippen LogP contribution in [-0.2, 0) is 55.6 Å². The van der Waals surface area contributed by atoms with Crippen molar-refractivity contribution in [1.29, 1.82) is 0 Å². The largest absolute Gasteiger partial charge is 0.508 e. The number of rotatable bonds is 18. The smallest absolute Gasteiger partial charge is 0.417 e. The van der Waals surface area contributed by atoms with Crippen LogP contribution in [0.2, 0.25) is 0 Å². The first-order valence-electron chi connectivity index (χ1n) is 24.0. The number of nitrogens with one attached hydrogen (secondary N) is 5. The van der Waals surface area contributed by atoms with E-state index in [9.17, 15) is 48.6 Å². The highest BCUT2D eigenvalue weighted by molar-refractivity contribution is 6.03. The summed E-state index contributed by atoms with van der Waals surface area (Å²) in [6.45, 7) is 20.2. The second-order valence-corrected chi connectivity index (χ2v) is 20.6. The van der Waals surface area contributed by atoms with Gasteiger partial charge in [-0.2, -0.15) is 0 Å². The number of ether oxygens (including phenoxy) is 6. The summed E-state index contributed by atoms with van der Waals surface area (Å²) in [4.78, 5) is 118. The van der Waals surface area contributed by atoms with Crippen molar-refractivity contribution >= 4 is 60.2 Å². The summed E-state index contributed by atoms with van der Waals surface area (Å²) >= 11 is 0. The number of phenols is 2. The molecule has 7 N–H and O–H groups in total. The number of esters is 1. The van der Waals surface area contributed by atoms with Gasteiger partial charge < -0.3 is 54.6 Å². The predicted octanol–water partition coefficient (Wildman–Crippen LogP) is 5.17. The van der Waals surface area contributed by atoms with Gasteiger partial charge in [0, 0.05) is 39.0 Å². The van der Waals surface area contributed by atoms with Crippen LogP contribution < -0.4 is 26.6 Å². The Morgan fingerprint density at radius 1 is 0.579 bits per heavy atom. The van der Waals surface area contributed by atoms with Gasteiger partial charge in [-0.1, -0.05) is 36.9 Å². The Kier molecular flexibility index (Phi) is 24.5. The molecule has 0 aliphatic carbocycles. The molecule has 0 saturated carbocycles. The van der Waals surface area contributed by atoms with Gasteiger partial charge in [0.1, 0.15) is 46.6 Å². The van der Waals surface area contributed by atoms with E-state index in [1.807, 2.05) is 0 Å². The monoisotopic (exact) mass is 1070 g/mol. The number of alkyl carbamates (subject to hydrolysis) is 3.